The van der Waals surface area contributed by atoms with Crippen LogP contribution in [-0.4, -0.2) is 19.0 Å². The first-order valence-corrected chi connectivity index (χ1v) is 9.52. The molecule has 0 unspecified atom stereocenters. The minimum Gasteiger partial charge on any atom is -0.493 e. The predicted molar refractivity (Wildman–Crippen MR) is 116 cm³/mol. The van der Waals surface area contributed by atoms with E-state index in [1.807, 2.05) is 28.7 Å². The Morgan fingerprint density at radius 1 is 1.21 bits per heavy atom. The number of halogens is 3. The molecule has 0 fully saturated rings. The second-order valence-electron chi connectivity index (χ2n) is 5.38. The molecule has 0 bridgehead atoms. The van der Waals surface area contributed by atoms with Crippen LogP contribution in [0.1, 0.15) is 12.5 Å². The van der Waals surface area contributed by atoms with Gasteiger partial charge in [0.15, 0.2) is 11.5 Å². The lowest BCUT2D eigenvalue weighted by Gasteiger charge is -2.11. The molecule has 28 heavy (non-hydrogen) atoms. The summed E-state index contributed by atoms with van der Waals surface area (Å²) in [5.74, 6) is -0.529. The molecule has 1 amide bonds. The average Bonchev–Trinajstić information content (AvgIpc) is 2.64. The number of carbonyl (C=O) groups is 2. The van der Waals surface area contributed by atoms with Gasteiger partial charge in [0.1, 0.15) is 11.6 Å². The Morgan fingerprint density at radius 3 is 2.50 bits per heavy atom. The second-order valence-corrected chi connectivity index (χ2v) is 7.36. The Bertz CT molecular complexity index is 1020. The van der Waals surface area contributed by atoms with Gasteiger partial charge in [0.2, 0.25) is 0 Å². The molecular formula is C19H13Cl2IN2O4. The van der Waals surface area contributed by atoms with Crippen molar-refractivity contribution in [3.8, 4) is 17.6 Å². The van der Waals surface area contributed by atoms with Crippen molar-refractivity contribution < 1.29 is 19.1 Å². The lowest BCUT2D eigenvalue weighted by atomic mass is 10.1. The highest BCUT2D eigenvalue weighted by atomic mass is 127. The third-order valence-electron chi connectivity index (χ3n) is 3.35. The minimum atomic E-state index is -0.612. The van der Waals surface area contributed by atoms with E-state index in [9.17, 15) is 14.9 Å². The number of rotatable bonds is 5. The molecular weight excluding hydrogens is 518 g/mol. The molecule has 144 valence electrons. The largest absolute Gasteiger partial charge is 0.493 e. The summed E-state index contributed by atoms with van der Waals surface area (Å²) in [6.45, 7) is 1.28. The van der Waals surface area contributed by atoms with E-state index in [1.165, 1.54) is 32.2 Å². The van der Waals surface area contributed by atoms with Crippen molar-refractivity contribution in [2.45, 2.75) is 6.92 Å². The summed E-state index contributed by atoms with van der Waals surface area (Å²) in [6, 6.07) is 9.67. The van der Waals surface area contributed by atoms with Gasteiger partial charge >= 0.3 is 5.97 Å². The van der Waals surface area contributed by atoms with Gasteiger partial charge in [0.05, 0.1) is 20.7 Å². The van der Waals surface area contributed by atoms with Gasteiger partial charge in [-0.05, 0) is 64.6 Å². The van der Waals surface area contributed by atoms with Crippen molar-refractivity contribution in [1.82, 2.24) is 0 Å². The summed E-state index contributed by atoms with van der Waals surface area (Å²) in [5, 5.41) is 12.6. The molecule has 9 heteroatoms. The Kier molecular flexibility index (Phi) is 7.69. The SMILES string of the molecule is COc1cc(/C=C(/C#N)C(=O)Nc2ccc(Cl)c(Cl)c2)cc(I)c1OC(C)=O. The third-order valence-corrected chi connectivity index (χ3v) is 4.89. The zero-order valence-corrected chi connectivity index (χ0v) is 18.3. The summed E-state index contributed by atoms with van der Waals surface area (Å²) < 4.78 is 11.0. The van der Waals surface area contributed by atoms with Gasteiger partial charge in [-0.25, -0.2) is 0 Å². The number of ether oxygens (including phenoxy) is 2. The molecule has 0 spiro atoms. The van der Waals surface area contributed by atoms with Crippen molar-refractivity contribution in [1.29, 1.82) is 5.26 Å². The number of hydrogen-bond donors (Lipinski definition) is 1. The Hall–Kier alpha value is -2.28. The smallest absolute Gasteiger partial charge is 0.308 e. The highest BCUT2D eigenvalue weighted by molar-refractivity contribution is 14.1. The number of esters is 1. The zero-order chi connectivity index (χ0) is 20.8. The normalized spacial score (nSPS) is 10.8. The first-order chi connectivity index (χ1) is 13.2. The van der Waals surface area contributed by atoms with E-state index in [-0.39, 0.29) is 16.3 Å². The van der Waals surface area contributed by atoms with Crippen LogP contribution >= 0.6 is 45.8 Å². The third kappa shape index (κ3) is 5.61. The maximum Gasteiger partial charge on any atom is 0.308 e. The zero-order valence-electron chi connectivity index (χ0n) is 14.7. The van der Waals surface area contributed by atoms with Crippen molar-refractivity contribution in [3.63, 3.8) is 0 Å². The quantitative estimate of drug-likeness (QED) is 0.191. The lowest BCUT2D eigenvalue weighted by Crippen LogP contribution is -2.13. The van der Waals surface area contributed by atoms with E-state index >= 15 is 0 Å². The van der Waals surface area contributed by atoms with E-state index in [0.29, 0.717) is 25.6 Å². The van der Waals surface area contributed by atoms with Crippen LogP contribution in [0, 0.1) is 14.9 Å². The second kappa shape index (κ2) is 9.78. The van der Waals surface area contributed by atoms with Crippen LogP contribution in [0.2, 0.25) is 10.0 Å². The number of nitriles is 1. The lowest BCUT2D eigenvalue weighted by molar-refractivity contribution is -0.132. The van der Waals surface area contributed by atoms with E-state index in [2.05, 4.69) is 5.32 Å². The average molecular weight is 531 g/mol. The number of hydrogen-bond acceptors (Lipinski definition) is 5. The molecule has 0 saturated carbocycles. The summed E-state index contributed by atoms with van der Waals surface area (Å²) in [6.07, 6.45) is 1.40. The Balaban J connectivity index is 2.33. The van der Waals surface area contributed by atoms with Gasteiger partial charge in [-0.2, -0.15) is 5.26 Å². The maximum atomic E-state index is 12.4. The molecule has 0 aromatic heterocycles. The first-order valence-electron chi connectivity index (χ1n) is 7.69. The fraction of sp³-hybridized carbons (Fsp3) is 0.105. The van der Waals surface area contributed by atoms with Crippen LogP contribution in [0.15, 0.2) is 35.9 Å². The molecule has 2 aromatic rings. The van der Waals surface area contributed by atoms with Crippen molar-refractivity contribution >= 4 is 69.4 Å². The predicted octanol–water partition coefficient (Wildman–Crippen LogP) is 5.08. The number of benzene rings is 2. The Labute approximate surface area is 185 Å². The number of nitrogens with zero attached hydrogens (tertiary/aromatic N) is 1. The summed E-state index contributed by atoms with van der Waals surface area (Å²) in [5.41, 5.74) is 0.792. The number of anilines is 1. The topological polar surface area (TPSA) is 88.4 Å². The van der Waals surface area contributed by atoms with Gasteiger partial charge in [0.25, 0.3) is 5.91 Å². The molecule has 6 nitrogen and oxygen atoms in total. The number of amides is 1. The molecule has 1 N–H and O–H groups in total. The van der Waals surface area contributed by atoms with Crippen molar-refractivity contribution in [2.75, 3.05) is 12.4 Å². The highest BCUT2D eigenvalue weighted by Crippen LogP contribution is 2.35. The van der Waals surface area contributed by atoms with Crippen LogP contribution in [-0.2, 0) is 9.59 Å². The molecule has 0 saturated heterocycles. The summed E-state index contributed by atoms with van der Waals surface area (Å²) >= 11 is 13.8. The van der Waals surface area contributed by atoms with Crippen molar-refractivity contribution in [3.05, 3.63) is 55.1 Å². The first kappa shape index (κ1) is 22.0. The summed E-state index contributed by atoms with van der Waals surface area (Å²) in [4.78, 5) is 23.7. The van der Waals surface area contributed by atoms with E-state index in [4.69, 9.17) is 32.7 Å². The van der Waals surface area contributed by atoms with Crippen molar-refractivity contribution in [2.24, 2.45) is 0 Å². The van der Waals surface area contributed by atoms with Crippen LogP contribution < -0.4 is 14.8 Å². The molecule has 0 aliphatic carbocycles. The number of methoxy groups -OCH3 is 1. The maximum absolute atomic E-state index is 12.4. The number of nitrogens with one attached hydrogen (secondary N) is 1. The van der Waals surface area contributed by atoms with Gasteiger partial charge in [-0.15, -0.1) is 0 Å². The fourth-order valence-corrected chi connectivity index (χ4v) is 3.19. The molecule has 0 aliphatic rings. The van der Waals surface area contributed by atoms with E-state index < -0.39 is 11.9 Å². The summed E-state index contributed by atoms with van der Waals surface area (Å²) in [7, 11) is 1.42. The van der Waals surface area contributed by atoms with Gasteiger partial charge in [0, 0.05) is 12.6 Å². The molecule has 0 heterocycles. The Morgan fingerprint density at radius 2 is 1.93 bits per heavy atom. The van der Waals surface area contributed by atoms with E-state index in [1.54, 1.807) is 18.2 Å². The molecule has 2 aromatic carbocycles. The fourth-order valence-electron chi connectivity index (χ4n) is 2.15. The number of carbonyl (C=O) groups excluding carboxylic acids is 2. The molecule has 2 rings (SSSR count). The highest BCUT2D eigenvalue weighted by Gasteiger charge is 2.15. The molecule has 0 atom stereocenters. The van der Waals surface area contributed by atoms with Crippen LogP contribution in [0.4, 0.5) is 5.69 Å². The monoisotopic (exact) mass is 530 g/mol. The van der Waals surface area contributed by atoms with E-state index in [0.717, 1.165) is 0 Å². The minimum absolute atomic E-state index is 0.135. The standard InChI is InChI=1S/C19H13Cl2IN2O4/c1-10(25)28-18-16(22)6-11(7-17(18)27-2)5-12(9-23)19(26)24-13-3-4-14(20)15(21)8-13/h3-8H,1-2H3,(H,24,26)/b12-5-. The van der Waals surface area contributed by atoms with Crippen LogP contribution in [0.25, 0.3) is 6.08 Å². The molecule has 0 aliphatic heterocycles. The van der Waals surface area contributed by atoms with Crippen LogP contribution in [0.5, 0.6) is 11.5 Å². The molecule has 0 radical (unpaired) electrons. The van der Waals surface area contributed by atoms with Crippen LogP contribution in [0.3, 0.4) is 0 Å². The van der Waals surface area contributed by atoms with Gasteiger partial charge in [-0.1, -0.05) is 23.2 Å². The van der Waals surface area contributed by atoms with Gasteiger partial charge < -0.3 is 14.8 Å². The van der Waals surface area contributed by atoms with Gasteiger partial charge in [-0.3, -0.25) is 9.59 Å².